The van der Waals surface area contributed by atoms with Gasteiger partial charge in [-0.2, -0.15) is 0 Å². The summed E-state index contributed by atoms with van der Waals surface area (Å²) in [7, 11) is 0. The molecule has 1 aromatic rings. The van der Waals surface area contributed by atoms with Crippen LogP contribution in [0, 0.1) is 0 Å². The predicted molar refractivity (Wildman–Crippen MR) is 87.3 cm³/mol. The molecular formula is C18H26N2O2. The first-order chi connectivity index (χ1) is 10.7. The van der Waals surface area contributed by atoms with E-state index in [1.165, 1.54) is 0 Å². The first kappa shape index (κ1) is 16.5. The van der Waals surface area contributed by atoms with E-state index in [1.54, 1.807) is 4.90 Å². The van der Waals surface area contributed by atoms with Crippen LogP contribution in [0.3, 0.4) is 0 Å². The fourth-order valence-electron chi connectivity index (χ4n) is 2.98. The molecule has 22 heavy (non-hydrogen) atoms. The first-order valence-corrected chi connectivity index (χ1v) is 8.32. The van der Waals surface area contributed by atoms with E-state index >= 15 is 0 Å². The van der Waals surface area contributed by atoms with E-state index in [0.717, 1.165) is 31.2 Å². The molecule has 4 nitrogen and oxygen atoms in total. The van der Waals surface area contributed by atoms with E-state index in [2.05, 4.69) is 19.2 Å². The molecule has 1 saturated heterocycles. The minimum absolute atomic E-state index is 0.0600. The van der Waals surface area contributed by atoms with Gasteiger partial charge in [-0.05, 0) is 31.2 Å². The summed E-state index contributed by atoms with van der Waals surface area (Å²) >= 11 is 0. The topological polar surface area (TPSA) is 49.4 Å². The van der Waals surface area contributed by atoms with Crippen LogP contribution in [-0.4, -0.2) is 29.3 Å². The van der Waals surface area contributed by atoms with Crippen molar-refractivity contribution < 1.29 is 9.59 Å². The van der Waals surface area contributed by atoms with Gasteiger partial charge in [0.25, 0.3) is 0 Å². The highest BCUT2D eigenvalue weighted by molar-refractivity contribution is 5.89. The van der Waals surface area contributed by atoms with Crippen LogP contribution in [-0.2, 0) is 9.59 Å². The molecule has 1 unspecified atom stereocenters. The predicted octanol–water partition coefficient (Wildman–Crippen LogP) is 3.05. The fourth-order valence-corrected chi connectivity index (χ4v) is 2.98. The van der Waals surface area contributed by atoms with E-state index < -0.39 is 6.04 Å². The SMILES string of the molecule is CCC(CC)NC(=O)C(c1ccccc1)N1CCCCC1=O. The van der Waals surface area contributed by atoms with Gasteiger partial charge in [-0.3, -0.25) is 9.59 Å². The third-order valence-electron chi connectivity index (χ3n) is 4.37. The number of likely N-dealkylation sites (tertiary alicyclic amines) is 1. The van der Waals surface area contributed by atoms with E-state index in [9.17, 15) is 9.59 Å². The van der Waals surface area contributed by atoms with Crippen molar-refractivity contribution in [1.29, 1.82) is 0 Å². The van der Waals surface area contributed by atoms with E-state index in [4.69, 9.17) is 0 Å². The van der Waals surface area contributed by atoms with E-state index in [0.29, 0.717) is 13.0 Å². The minimum atomic E-state index is -0.505. The van der Waals surface area contributed by atoms with Crippen molar-refractivity contribution in [3.63, 3.8) is 0 Å². The Morgan fingerprint density at radius 2 is 1.86 bits per heavy atom. The average molecular weight is 302 g/mol. The summed E-state index contributed by atoms with van der Waals surface area (Å²) < 4.78 is 0. The van der Waals surface area contributed by atoms with Crippen LogP contribution in [0.1, 0.15) is 57.6 Å². The lowest BCUT2D eigenvalue weighted by Crippen LogP contribution is -2.47. The Morgan fingerprint density at radius 3 is 2.45 bits per heavy atom. The van der Waals surface area contributed by atoms with Crippen LogP contribution in [0.4, 0.5) is 0 Å². The third-order valence-corrected chi connectivity index (χ3v) is 4.37. The van der Waals surface area contributed by atoms with Crippen molar-refractivity contribution in [3.05, 3.63) is 35.9 Å². The highest BCUT2D eigenvalue weighted by Gasteiger charge is 2.33. The second-order valence-electron chi connectivity index (χ2n) is 5.88. The van der Waals surface area contributed by atoms with Gasteiger partial charge < -0.3 is 10.2 Å². The summed E-state index contributed by atoms with van der Waals surface area (Å²) in [5, 5.41) is 3.10. The number of carbonyl (C=O) groups is 2. The van der Waals surface area contributed by atoms with Crippen LogP contribution in [0.25, 0.3) is 0 Å². The zero-order chi connectivity index (χ0) is 15.9. The number of piperidine rings is 1. The van der Waals surface area contributed by atoms with Gasteiger partial charge in [-0.15, -0.1) is 0 Å². The van der Waals surface area contributed by atoms with Crippen molar-refractivity contribution in [2.75, 3.05) is 6.54 Å². The monoisotopic (exact) mass is 302 g/mol. The second kappa shape index (κ2) is 7.97. The normalized spacial score (nSPS) is 16.7. The second-order valence-corrected chi connectivity index (χ2v) is 5.88. The molecule has 2 rings (SSSR count). The Balaban J connectivity index is 2.25. The lowest BCUT2D eigenvalue weighted by atomic mass is 9.99. The van der Waals surface area contributed by atoms with E-state index in [1.807, 2.05) is 30.3 Å². The largest absolute Gasteiger partial charge is 0.351 e. The molecule has 1 aromatic carbocycles. The van der Waals surface area contributed by atoms with Crippen LogP contribution in [0.15, 0.2) is 30.3 Å². The summed E-state index contributed by atoms with van der Waals surface area (Å²) in [5.74, 6) is 0.0231. The van der Waals surface area contributed by atoms with E-state index in [-0.39, 0.29) is 17.9 Å². The Bertz CT molecular complexity index is 497. The molecule has 0 aromatic heterocycles. The lowest BCUT2D eigenvalue weighted by Gasteiger charge is -2.34. The van der Waals surface area contributed by atoms with Gasteiger partial charge >= 0.3 is 0 Å². The number of benzene rings is 1. The molecule has 0 bridgehead atoms. The van der Waals surface area contributed by atoms with Crippen LogP contribution >= 0.6 is 0 Å². The number of rotatable bonds is 6. The molecule has 0 aliphatic carbocycles. The van der Waals surface area contributed by atoms with Crippen LogP contribution in [0.2, 0.25) is 0 Å². The smallest absolute Gasteiger partial charge is 0.247 e. The molecule has 1 aliphatic heterocycles. The maximum Gasteiger partial charge on any atom is 0.247 e. The average Bonchev–Trinajstić information content (AvgIpc) is 2.55. The molecule has 0 spiro atoms. The molecule has 1 aliphatic rings. The molecule has 0 radical (unpaired) electrons. The first-order valence-electron chi connectivity index (χ1n) is 8.32. The molecule has 1 atom stereocenters. The zero-order valence-corrected chi connectivity index (χ0v) is 13.5. The molecule has 4 heteroatoms. The molecule has 1 N–H and O–H groups in total. The van der Waals surface area contributed by atoms with Gasteiger partial charge in [0, 0.05) is 19.0 Å². The highest BCUT2D eigenvalue weighted by Crippen LogP contribution is 2.26. The number of amides is 2. The van der Waals surface area contributed by atoms with Crippen molar-refractivity contribution in [2.24, 2.45) is 0 Å². The highest BCUT2D eigenvalue weighted by atomic mass is 16.2. The van der Waals surface area contributed by atoms with Gasteiger partial charge in [-0.1, -0.05) is 44.2 Å². The van der Waals surface area contributed by atoms with Gasteiger partial charge in [-0.25, -0.2) is 0 Å². The quantitative estimate of drug-likeness (QED) is 0.878. The van der Waals surface area contributed by atoms with Crippen molar-refractivity contribution in [2.45, 2.75) is 58.0 Å². The Hall–Kier alpha value is -1.84. The maximum absolute atomic E-state index is 12.8. The van der Waals surface area contributed by atoms with Crippen molar-refractivity contribution in [3.8, 4) is 0 Å². The van der Waals surface area contributed by atoms with Crippen molar-refractivity contribution >= 4 is 11.8 Å². The Kier molecular flexibility index (Phi) is 5.99. The molecule has 1 heterocycles. The van der Waals surface area contributed by atoms with Gasteiger partial charge in [0.2, 0.25) is 11.8 Å². The summed E-state index contributed by atoms with van der Waals surface area (Å²) in [6, 6.07) is 9.28. The summed E-state index contributed by atoms with van der Waals surface area (Å²) in [4.78, 5) is 26.8. The number of hydrogen-bond acceptors (Lipinski definition) is 2. The fraction of sp³-hybridized carbons (Fsp3) is 0.556. The Morgan fingerprint density at radius 1 is 1.18 bits per heavy atom. The molecule has 0 saturated carbocycles. The maximum atomic E-state index is 12.8. The number of nitrogens with zero attached hydrogens (tertiary/aromatic N) is 1. The van der Waals surface area contributed by atoms with Gasteiger partial charge in [0.1, 0.15) is 6.04 Å². The number of nitrogens with one attached hydrogen (secondary N) is 1. The third kappa shape index (κ3) is 3.87. The summed E-state index contributed by atoms with van der Waals surface area (Å²) in [6.45, 7) is 4.80. The summed E-state index contributed by atoms with van der Waals surface area (Å²) in [5.41, 5.74) is 0.890. The summed E-state index contributed by atoms with van der Waals surface area (Å²) in [6.07, 6.45) is 4.23. The number of carbonyl (C=O) groups excluding carboxylic acids is 2. The van der Waals surface area contributed by atoms with Crippen LogP contribution in [0.5, 0.6) is 0 Å². The zero-order valence-electron chi connectivity index (χ0n) is 13.5. The molecule has 2 amide bonds. The standard InChI is InChI=1S/C18H26N2O2/c1-3-15(4-2)19-18(22)17(14-10-6-5-7-11-14)20-13-9-8-12-16(20)21/h5-7,10-11,15,17H,3-4,8-9,12-13H2,1-2H3,(H,19,22). The number of hydrogen-bond donors (Lipinski definition) is 1. The van der Waals surface area contributed by atoms with Gasteiger partial charge in [0.15, 0.2) is 0 Å². The molecular weight excluding hydrogens is 276 g/mol. The Labute approximate surface area is 132 Å². The lowest BCUT2D eigenvalue weighted by molar-refractivity contribution is -0.143. The molecule has 120 valence electrons. The van der Waals surface area contributed by atoms with Gasteiger partial charge in [0.05, 0.1) is 0 Å². The minimum Gasteiger partial charge on any atom is -0.351 e. The van der Waals surface area contributed by atoms with Crippen LogP contribution < -0.4 is 5.32 Å². The molecule has 1 fully saturated rings. The van der Waals surface area contributed by atoms with Crippen molar-refractivity contribution in [1.82, 2.24) is 10.2 Å².